The van der Waals surface area contributed by atoms with Crippen LogP contribution in [0.5, 0.6) is 0 Å². The van der Waals surface area contributed by atoms with Crippen molar-refractivity contribution >= 4 is 21.6 Å². The summed E-state index contributed by atoms with van der Waals surface area (Å²) in [5.74, 6) is -0.530. The van der Waals surface area contributed by atoms with Crippen molar-refractivity contribution in [1.29, 1.82) is 0 Å². The molecule has 0 atom stereocenters. The van der Waals surface area contributed by atoms with E-state index in [0.717, 1.165) is 5.56 Å². The Morgan fingerprint density at radius 1 is 1.14 bits per heavy atom. The molecule has 2 aromatic rings. The van der Waals surface area contributed by atoms with Crippen LogP contribution < -0.4 is 5.32 Å². The van der Waals surface area contributed by atoms with E-state index in [1.807, 2.05) is 24.3 Å². The van der Waals surface area contributed by atoms with Gasteiger partial charge in [-0.05, 0) is 30.0 Å². The third-order valence-electron chi connectivity index (χ3n) is 4.67. The number of sulfonamides is 1. The van der Waals surface area contributed by atoms with Crippen LogP contribution >= 0.6 is 0 Å². The molecule has 1 amide bonds. The van der Waals surface area contributed by atoms with Gasteiger partial charge >= 0.3 is 0 Å². The Bertz CT molecular complexity index is 991. The van der Waals surface area contributed by atoms with Crippen molar-refractivity contribution in [3.8, 4) is 0 Å². The fraction of sp³-hybridized carbons (Fsp3) is 0.316. The number of nitrogens with one attached hydrogen (secondary N) is 1. The number of nitro groups is 1. The third-order valence-corrected chi connectivity index (χ3v) is 6.58. The Balaban J connectivity index is 1.50. The highest BCUT2D eigenvalue weighted by Crippen LogP contribution is 2.21. The van der Waals surface area contributed by atoms with Gasteiger partial charge in [0.15, 0.2) is 0 Å². The van der Waals surface area contributed by atoms with E-state index in [0.29, 0.717) is 19.5 Å². The number of nitro benzene ring substituents is 1. The van der Waals surface area contributed by atoms with Crippen molar-refractivity contribution in [2.24, 2.45) is 0 Å². The highest BCUT2D eigenvalue weighted by atomic mass is 32.2. The lowest BCUT2D eigenvalue weighted by molar-refractivity contribution is -0.384. The minimum absolute atomic E-state index is 0.0651. The Morgan fingerprint density at radius 3 is 2.64 bits per heavy atom. The number of rotatable bonds is 7. The molecule has 9 heteroatoms. The normalized spacial score (nSPS) is 14.3. The first-order chi connectivity index (χ1) is 13.4. The largest absolute Gasteiger partial charge is 0.352 e. The zero-order valence-corrected chi connectivity index (χ0v) is 16.0. The molecule has 1 N–H and O–H groups in total. The number of benzene rings is 2. The average molecular weight is 403 g/mol. The zero-order chi connectivity index (χ0) is 20.1. The maximum atomic E-state index is 12.6. The summed E-state index contributed by atoms with van der Waals surface area (Å²) < 4.78 is 26.6. The van der Waals surface area contributed by atoms with Crippen molar-refractivity contribution in [2.45, 2.75) is 19.4 Å². The van der Waals surface area contributed by atoms with Crippen LogP contribution in [0.25, 0.3) is 0 Å². The number of non-ortho nitro benzene ring substituents is 1. The summed E-state index contributed by atoms with van der Waals surface area (Å²) in [6, 6.07) is 13.2. The zero-order valence-electron chi connectivity index (χ0n) is 15.2. The SMILES string of the molecule is O=C(NCCCS(=O)(=O)N1CCc2ccccc2C1)c1cccc([N+](=O)[O-])c1. The summed E-state index contributed by atoms with van der Waals surface area (Å²) in [5.41, 5.74) is 2.21. The molecule has 3 rings (SSSR count). The predicted octanol–water partition coefficient (Wildman–Crippen LogP) is 2.10. The highest BCUT2D eigenvalue weighted by molar-refractivity contribution is 7.89. The van der Waals surface area contributed by atoms with E-state index in [1.54, 1.807) is 0 Å². The van der Waals surface area contributed by atoms with Crippen LogP contribution in [-0.2, 0) is 23.0 Å². The van der Waals surface area contributed by atoms with Crippen LogP contribution in [0.15, 0.2) is 48.5 Å². The standard InChI is InChI=1S/C19H21N3O5S/c23-19(16-7-3-8-18(13-16)22(24)25)20-10-4-12-28(26,27)21-11-9-15-5-1-2-6-17(15)14-21/h1-3,5-8,13H,4,9-12,14H2,(H,20,23). The van der Waals surface area contributed by atoms with Crippen molar-refractivity contribution in [3.05, 3.63) is 75.3 Å². The fourth-order valence-corrected chi connectivity index (χ4v) is 4.63. The van der Waals surface area contributed by atoms with E-state index >= 15 is 0 Å². The number of hydrogen-bond acceptors (Lipinski definition) is 5. The van der Waals surface area contributed by atoms with Crippen LogP contribution in [-0.4, -0.2) is 42.4 Å². The fourth-order valence-electron chi connectivity index (χ4n) is 3.16. The van der Waals surface area contributed by atoms with Gasteiger partial charge in [0.1, 0.15) is 0 Å². The molecule has 0 spiro atoms. The molecule has 8 nitrogen and oxygen atoms in total. The summed E-state index contributed by atoms with van der Waals surface area (Å²) in [6.07, 6.45) is 0.958. The molecule has 1 aliphatic heterocycles. The van der Waals surface area contributed by atoms with E-state index < -0.39 is 20.9 Å². The van der Waals surface area contributed by atoms with Gasteiger partial charge in [0.05, 0.1) is 10.7 Å². The quantitative estimate of drug-likeness (QED) is 0.432. The summed E-state index contributed by atoms with van der Waals surface area (Å²) >= 11 is 0. The molecule has 148 valence electrons. The van der Waals surface area contributed by atoms with Gasteiger partial charge in [-0.3, -0.25) is 14.9 Å². The van der Waals surface area contributed by atoms with Gasteiger partial charge in [-0.1, -0.05) is 30.3 Å². The molecule has 0 radical (unpaired) electrons. The lowest BCUT2D eigenvalue weighted by atomic mass is 10.0. The second-order valence-corrected chi connectivity index (χ2v) is 8.67. The lowest BCUT2D eigenvalue weighted by Gasteiger charge is -2.28. The number of carbonyl (C=O) groups is 1. The summed E-state index contributed by atoms with van der Waals surface area (Å²) in [5, 5.41) is 13.4. The Labute approximate surface area is 163 Å². The first-order valence-corrected chi connectivity index (χ1v) is 10.5. The van der Waals surface area contributed by atoms with Gasteiger partial charge in [0, 0.05) is 37.3 Å². The topological polar surface area (TPSA) is 110 Å². The van der Waals surface area contributed by atoms with Gasteiger partial charge < -0.3 is 5.32 Å². The first-order valence-electron chi connectivity index (χ1n) is 8.94. The van der Waals surface area contributed by atoms with Gasteiger partial charge in [0.25, 0.3) is 11.6 Å². The lowest BCUT2D eigenvalue weighted by Crippen LogP contribution is -2.38. The minimum Gasteiger partial charge on any atom is -0.352 e. The van der Waals surface area contributed by atoms with Crippen molar-refractivity contribution in [1.82, 2.24) is 9.62 Å². The maximum absolute atomic E-state index is 12.6. The number of nitrogens with zero attached hydrogens (tertiary/aromatic N) is 2. The number of amides is 1. The van der Waals surface area contributed by atoms with Crippen LogP contribution in [0, 0.1) is 10.1 Å². The van der Waals surface area contributed by atoms with Crippen molar-refractivity contribution < 1.29 is 18.1 Å². The van der Waals surface area contributed by atoms with Crippen molar-refractivity contribution in [3.63, 3.8) is 0 Å². The Morgan fingerprint density at radius 2 is 1.89 bits per heavy atom. The molecule has 0 aromatic heterocycles. The van der Waals surface area contributed by atoms with Crippen LogP contribution in [0.4, 0.5) is 5.69 Å². The van der Waals surface area contributed by atoms with E-state index in [9.17, 15) is 23.3 Å². The molecule has 28 heavy (non-hydrogen) atoms. The predicted molar refractivity (Wildman–Crippen MR) is 104 cm³/mol. The molecule has 0 saturated heterocycles. The molecular weight excluding hydrogens is 382 g/mol. The second kappa shape index (κ2) is 8.49. The number of carbonyl (C=O) groups excluding carboxylic acids is 1. The highest BCUT2D eigenvalue weighted by Gasteiger charge is 2.26. The molecule has 1 aliphatic rings. The van der Waals surface area contributed by atoms with Gasteiger partial charge in [-0.15, -0.1) is 0 Å². The smallest absolute Gasteiger partial charge is 0.270 e. The molecular formula is C19H21N3O5S. The minimum atomic E-state index is -3.41. The first kappa shape index (κ1) is 20.0. The van der Waals surface area contributed by atoms with Crippen molar-refractivity contribution in [2.75, 3.05) is 18.8 Å². The van der Waals surface area contributed by atoms with Crippen LogP contribution in [0.1, 0.15) is 27.9 Å². The van der Waals surface area contributed by atoms with E-state index in [4.69, 9.17) is 0 Å². The molecule has 0 fully saturated rings. The molecule has 0 saturated carbocycles. The molecule has 0 aliphatic carbocycles. The molecule has 0 bridgehead atoms. The third kappa shape index (κ3) is 4.73. The van der Waals surface area contributed by atoms with E-state index in [-0.39, 0.29) is 30.0 Å². The van der Waals surface area contributed by atoms with Gasteiger partial charge in [0.2, 0.25) is 10.0 Å². The molecule has 2 aromatic carbocycles. The van der Waals surface area contributed by atoms with E-state index in [1.165, 1.54) is 34.1 Å². The van der Waals surface area contributed by atoms with Gasteiger partial charge in [-0.2, -0.15) is 4.31 Å². The Hall–Kier alpha value is -2.78. The average Bonchev–Trinajstić information content (AvgIpc) is 2.70. The number of hydrogen-bond donors (Lipinski definition) is 1. The monoisotopic (exact) mass is 403 g/mol. The summed E-state index contributed by atoms with van der Waals surface area (Å²) in [4.78, 5) is 22.3. The second-order valence-electron chi connectivity index (χ2n) is 6.59. The summed E-state index contributed by atoms with van der Waals surface area (Å²) in [7, 11) is -3.41. The summed E-state index contributed by atoms with van der Waals surface area (Å²) in [6.45, 7) is 1.00. The van der Waals surface area contributed by atoms with Gasteiger partial charge in [-0.25, -0.2) is 8.42 Å². The van der Waals surface area contributed by atoms with Crippen LogP contribution in [0.3, 0.4) is 0 Å². The Kier molecular flexibility index (Phi) is 6.05. The van der Waals surface area contributed by atoms with Crippen LogP contribution in [0.2, 0.25) is 0 Å². The van der Waals surface area contributed by atoms with E-state index in [2.05, 4.69) is 5.32 Å². The molecule has 1 heterocycles. The molecule has 0 unspecified atom stereocenters. The maximum Gasteiger partial charge on any atom is 0.270 e. The number of fused-ring (bicyclic) bond motifs is 1.